The fraction of sp³-hybridized carbons (Fsp3) is 0.458. The van der Waals surface area contributed by atoms with Gasteiger partial charge < -0.3 is 20.1 Å². The maximum absolute atomic E-state index is 12.8. The summed E-state index contributed by atoms with van der Waals surface area (Å²) < 4.78 is 50.5. The van der Waals surface area contributed by atoms with Gasteiger partial charge in [-0.1, -0.05) is 19.6 Å². The number of rotatable bonds is 8. The molecule has 5 nitrogen and oxygen atoms in total. The third-order valence-electron chi connectivity index (χ3n) is 5.38. The van der Waals surface area contributed by atoms with Crippen LogP contribution in [0.3, 0.4) is 0 Å². The van der Waals surface area contributed by atoms with Crippen molar-refractivity contribution >= 4 is 11.5 Å². The molecule has 2 heterocycles. The van der Waals surface area contributed by atoms with Gasteiger partial charge in [0, 0.05) is 25.4 Å². The number of alkyl halides is 3. The van der Waals surface area contributed by atoms with Crippen LogP contribution in [-0.4, -0.2) is 36.5 Å². The summed E-state index contributed by atoms with van der Waals surface area (Å²) in [6.07, 6.45) is -1.29. The van der Waals surface area contributed by atoms with Crippen molar-refractivity contribution in [3.8, 4) is 11.5 Å². The number of hydrogen-bond acceptors (Lipinski definition) is 5. The molecule has 1 aromatic carbocycles. The van der Waals surface area contributed by atoms with Crippen LogP contribution in [0.1, 0.15) is 38.7 Å². The molecule has 0 bridgehead atoms. The van der Waals surface area contributed by atoms with Gasteiger partial charge in [-0.25, -0.2) is 4.98 Å². The monoisotopic (exact) mass is 449 g/mol. The Morgan fingerprint density at radius 1 is 1.25 bits per heavy atom. The van der Waals surface area contributed by atoms with Crippen LogP contribution in [0.4, 0.5) is 24.7 Å². The van der Waals surface area contributed by atoms with Crippen LogP contribution in [0.25, 0.3) is 0 Å². The number of ether oxygens (including phenoxy) is 2. The van der Waals surface area contributed by atoms with Crippen molar-refractivity contribution in [1.82, 2.24) is 4.98 Å². The first kappa shape index (κ1) is 23.8. The summed E-state index contributed by atoms with van der Waals surface area (Å²) in [6.45, 7) is 8.68. The largest absolute Gasteiger partial charge is 0.486 e. The van der Waals surface area contributed by atoms with Crippen LogP contribution >= 0.6 is 0 Å². The quantitative estimate of drug-likeness (QED) is 0.536. The fourth-order valence-corrected chi connectivity index (χ4v) is 3.86. The van der Waals surface area contributed by atoms with Crippen molar-refractivity contribution in [2.75, 3.05) is 23.8 Å². The minimum atomic E-state index is -4.29. The normalized spacial score (nSPS) is 19.0. The van der Waals surface area contributed by atoms with Gasteiger partial charge in [-0.05, 0) is 48.7 Å². The first-order valence-corrected chi connectivity index (χ1v) is 10.8. The van der Waals surface area contributed by atoms with E-state index in [1.807, 2.05) is 12.1 Å². The SMILES string of the molecule is C=C(C)COc1cc(CC(F)(F)F)ccc1OC1CCN(c2ccc(N)cn2)C(CC)C1. The molecule has 1 aliphatic heterocycles. The molecule has 0 saturated carbocycles. The number of anilines is 2. The number of aromatic nitrogens is 1. The van der Waals surface area contributed by atoms with Gasteiger partial charge in [0.2, 0.25) is 0 Å². The second-order valence-electron chi connectivity index (χ2n) is 8.29. The van der Waals surface area contributed by atoms with Crippen LogP contribution < -0.4 is 20.1 Å². The molecule has 1 fully saturated rings. The lowest BCUT2D eigenvalue weighted by Gasteiger charge is -2.40. The highest BCUT2D eigenvalue weighted by Gasteiger charge is 2.31. The summed E-state index contributed by atoms with van der Waals surface area (Å²) >= 11 is 0. The van der Waals surface area contributed by atoms with Crippen molar-refractivity contribution in [2.45, 2.75) is 57.9 Å². The number of halogens is 3. The van der Waals surface area contributed by atoms with E-state index in [1.54, 1.807) is 19.2 Å². The Balaban J connectivity index is 1.74. The molecule has 8 heteroatoms. The maximum Gasteiger partial charge on any atom is 0.393 e. The van der Waals surface area contributed by atoms with E-state index in [2.05, 4.69) is 23.4 Å². The predicted octanol–water partition coefficient (Wildman–Crippen LogP) is 5.55. The average Bonchev–Trinajstić information content (AvgIpc) is 2.73. The molecule has 174 valence electrons. The van der Waals surface area contributed by atoms with Crippen molar-refractivity contribution in [2.24, 2.45) is 0 Å². The molecule has 2 atom stereocenters. The highest BCUT2D eigenvalue weighted by atomic mass is 19.4. The van der Waals surface area contributed by atoms with E-state index in [-0.39, 0.29) is 24.3 Å². The lowest BCUT2D eigenvalue weighted by atomic mass is 9.97. The average molecular weight is 450 g/mol. The van der Waals surface area contributed by atoms with E-state index in [1.165, 1.54) is 12.1 Å². The van der Waals surface area contributed by atoms with E-state index >= 15 is 0 Å². The minimum absolute atomic E-state index is 0.0781. The lowest BCUT2D eigenvalue weighted by molar-refractivity contribution is -0.127. The zero-order valence-corrected chi connectivity index (χ0v) is 18.5. The highest BCUT2D eigenvalue weighted by Crippen LogP contribution is 2.35. The van der Waals surface area contributed by atoms with Crippen LogP contribution in [0.15, 0.2) is 48.7 Å². The van der Waals surface area contributed by atoms with Gasteiger partial charge in [0.05, 0.1) is 18.3 Å². The molecule has 0 spiro atoms. The Hall–Kier alpha value is -2.90. The van der Waals surface area contributed by atoms with E-state index in [9.17, 15) is 13.2 Å². The van der Waals surface area contributed by atoms with Gasteiger partial charge in [0.25, 0.3) is 0 Å². The van der Waals surface area contributed by atoms with Crippen LogP contribution in [0.5, 0.6) is 11.5 Å². The van der Waals surface area contributed by atoms with Crippen molar-refractivity contribution in [3.05, 3.63) is 54.2 Å². The minimum Gasteiger partial charge on any atom is -0.486 e. The molecule has 3 rings (SSSR count). The Kier molecular flexibility index (Phi) is 7.53. The van der Waals surface area contributed by atoms with Crippen molar-refractivity contribution in [3.63, 3.8) is 0 Å². The summed E-state index contributed by atoms with van der Waals surface area (Å²) in [7, 11) is 0. The molecular formula is C24H30F3N3O2. The lowest BCUT2D eigenvalue weighted by Crippen LogP contribution is -2.46. The number of hydrogen-bond donors (Lipinski definition) is 1. The van der Waals surface area contributed by atoms with Gasteiger partial charge in [0.1, 0.15) is 18.5 Å². The Labute approximate surface area is 187 Å². The first-order valence-electron chi connectivity index (χ1n) is 10.8. The highest BCUT2D eigenvalue weighted by molar-refractivity contribution is 5.47. The molecule has 2 unspecified atom stereocenters. The van der Waals surface area contributed by atoms with Crippen molar-refractivity contribution < 1.29 is 22.6 Å². The fourth-order valence-electron chi connectivity index (χ4n) is 3.86. The van der Waals surface area contributed by atoms with Gasteiger partial charge in [-0.3, -0.25) is 0 Å². The Morgan fingerprint density at radius 2 is 2.03 bits per heavy atom. The van der Waals surface area contributed by atoms with E-state index < -0.39 is 12.6 Å². The first-order chi connectivity index (χ1) is 15.1. The molecule has 1 aromatic heterocycles. The van der Waals surface area contributed by atoms with Crippen LogP contribution in [-0.2, 0) is 6.42 Å². The summed E-state index contributed by atoms with van der Waals surface area (Å²) in [5.41, 5.74) is 7.28. The van der Waals surface area contributed by atoms with E-state index in [0.717, 1.165) is 37.2 Å². The Bertz CT molecular complexity index is 916. The van der Waals surface area contributed by atoms with Gasteiger partial charge >= 0.3 is 6.18 Å². The molecule has 0 aliphatic carbocycles. The van der Waals surface area contributed by atoms with Crippen LogP contribution in [0.2, 0.25) is 0 Å². The number of benzene rings is 1. The topological polar surface area (TPSA) is 60.6 Å². The van der Waals surface area contributed by atoms with E-state index in [0.29, 0.717) is 17.2 Å². The summed E-state index contributed by atoms with van der Waals surface area (Å²) in [5.74, 6) is 1.65. The summed E-state index contributed by atoms with van der Waals surface area (Å²) in [5, 5.41) is 0. The standard InChI is InChI=1S/C24H30F3N3O2/c1-4-19-12-20(9-10-30(19)23-8-6-18(28)14-29-23)32-21-7-5-17(13-24(25,26)27)11-22(21)31-15-16(2)3/h5-8,11,14,19-20H,2,4,9-10,12-13,15,28H2,1,3H3. The summed E-state index contributed by atoms with van der Waals surface area (Å²) in [6, 6.07) is 8.42. The molecule has 1 aliphatic rings. The van der Waals surface area contributed by atoms with Gasteiger partial charge in [0.15, 0.2) is 11.5 Å². The maximum atomic E-state index is 12.8. The van der Waals surface area contributed by atoms with Gasteiger partial charge in [-0.15, -0.1) is 0 Å². The molecule has 0 radical (unpaired) electrons. The molecule has 0 amide bonds. The second-order valence-corrected chi connectivity index (χ2v) is 8.29. The molecule has 2 N–H and O–H groups in total. The third-order valence-corrected chi connectivity index (χ3v) is 5.38. The molecule has 1 saturated heterocycles. The number of nitrogens with two attached hydrogens (primary N) is 1. The molecule has 2 aromatic rings. The van der Waals surface area contributed by atoms with Crippen molar-refractivity contribution in [1.29, 1.82) is 0 Å². The zero-order valence-electron chi connectivity index (χ0n) is 18.5. The number of piperidine rings is 1. The number of nitrogen functional groups attached to an aromatic ring is 1. The molecular weight excluding hydrogens is 419 g/mol. The zero-order chi connectivity index (χ0) is 23.3. The number of pyridine rings is 1. The molecule has 32 heavy (non-hydrogen) atoms. The second kappa shape index (κ2) is 10.1. The third kappa shape index (κ3) is 6.55. The summed E-state index contributed by atoms with van der Waals surface area (Å²) in [4.78, 5) is 6.70. The van der Waals surface area contributed by atoms with E-state index in [4.69, 9.17) is 15.2 Å². The van der Waals surface area contributed by atoms with Crippen LogP contribution in [0, 0.1) is 0 Å². The predicted molar refractivity (Wildman–Crippen MR) is 120 cm³/mol. The number of nitrogens with zero attached hydrogens (tertiary/aromatic N) is 2. The van der Waals surface area contributed by atoms with Gasteiger partial charge in [-0.2, -0.15) is 13.2 Å². The smallest absolute Gasteiger partial charge is 0.393 e. The Morgan fingerprint density at radius 3 is 2.66 bits per heavy atom.